The minimum absolute atomic E-state index is 0.0596. The van der Waals surface area contributed by atoms with E-state index < -0.39 is 0 Å². The Kier molecular flexibility index (Phi) is 6.31. The fourth-order valence-electron chi connectivity index (χ4n) is 4.85. The lowest BCUT2D eigenvalue weighted by Gasteiger charge is -2.34. The van der Waals surface area contributed by atoms with Gasteiger partial charge < -0.3 is 14.2 Å². The molecule has 1 saturated heterocycles. The quantitative estimate of drug-likeness (QED) is 0.487. The van der Waals surface area contributed by atoms with Crippen LogP contribution in [0, 0.1) is 0 Å². The molecule has 0 bridgehead atoms. The first-order valence-corrected chi connectivity index (χ1v) is 11.6. The van der Waals surface area contributed by atoms with Crippen molar-refractivity contribution in [3.05, 3.63) is 89.5 Å². The van der Waals surface area contributed by atoms with Crippen LogP contribution in [0.3, 0.4) is 0 Å². The van der Waals surface area contributed by atoms with E-state index >= 15 is 0 Å². The van der Waals surface area contributed by atoms with E-state index in [1.165, 1.54) is 42.6 Å². The Balaban J connectivity index is 1.35. The van der Waals surface area contributed by atoms with Crippen molar-refractivity contribution in [1.29, 1.82) is 0 Å². The Labute approximate surface area is 190 Å². The molecule has 2 atom stereocenters. The van der Waals surface area contributed by atoms with E-state index in [1.54, 1.807) is 7.11 Å². The summed E-state index contributed by atoms with van der Waals surface area (Å²) in [5, 5.41) is 0. The van der Waals surface area contributed by atoms with Gasteiger partial charge in [-0.05, 0) is 67.2 Å². The van der Waals surface area contributed by atoms with Crippen LogP contribution >= 0.6 is 0 Å². The molecule has 2 aliphatic rings. The molecule has 5 rings (SSSR count). The van der Waals surface area contributed by atoms with Crippen molar-refractivity contribution in [1.82, 2.24) is 4.90 Å². The highest BCUT2D eigenvalue weighted by Gasteiger charge is 2.32. The first-order chi connectivity index (χ1) is 15.8. The van der Waals surface area contributed by atoms with Gasteiger partial charge in [-0.1, -0.05) is 48.5 Å². The summed E-state index contributed by atoms with van der Waals surface area (Å²) >= 11 is 0. The fraction of sp³-hybridized carbons (Fsp3) is 0.357. The van der Waals surface area contributed by atoms with E-state index in [2.05, 4.69) is 65.6 Å². The molecule has 1 fully saturated rings. The largest absolute Gasteiger partial charge is 0.497 e. The summed E-state index contributed by atoms with van der Waals surface area (Å²) in [7, 11) is 1.69. The van der Waals surface area contributed by atoms with Crippen molar-refractivity contribution >= 4 is 0 Å². The summed E-state index contributed by atoms with van der Waals surface area (Å²) in [5.74, 6) is 2.90. The number of methoxy groups -OCH3 is 1. The maximum absolute atomic E-state index is 6.59. The highest BCUT2D eigenvalue weighted by atomic mass is 16.5. The average Bonchev–Trinajstić information content (AvgIpc) is 3.37. The summed E-state index contributed by atoms with van der Waals surface area (Å²) in [6.07, 6.45) is 3.50. The number of fused-ring (bicyclic) bond motifs is 1. The summed E-state index contributed by atoms with van der Waals surface area (Å²) in [6, 6.07) is 25.3. The number of rotatable bonds is 7. The van der Waals surface area contributed by atoms with Gasteiger partial charge in [-0.15, -0.1) is 0 Å². The summed E-state index contributed by atoms with van der Waals surface area (Å²) in [5.41, 5.74) is 3.68. The maximum Gasteiger partial charge on any atom is 0.131 e. The van der Waals surface area contributed by atoms with Crippen LogP contribution < -0.4 is 14.2 Å². The third-order valence-corrected chi connectivity index (χ3v) is 6.64. The smallest absolute Gasteiger partial charge is 0.131 e. The van der Waals surface area contributed by atoms with Crippen LogP contribution in [0.5, 0.6) is 17.2 Å². The predicted octanol–water partition coefficient (Wildman–Crippen LogP) is 5.63. The molecule has 0 N–H and O–H groups in total. The number of benzene rings is 3. The van der Waals surface area contributed by atoms with Crippen molar-refractivity contribution in [2.75, 3.05) is 33.4 Å². The van der Waals surface area contributed by atoms with Crippen LogP contribution in [-0.2, 0) is 6.42 Å². The van der Waals surface area contributed by atoms with Crippen LogP contribution in [0.2, 0.25) is 0 Å². The SMILES string of the molecule is COc1ccc2c(c1)OC(c1ccc(OCCN3CCCC3)cc1)C(c1ccccc1)C2. The molecular formula is C28H31NO3. The van der Waals surface area contributed by atoms with Gasteiger partial charge in [-0.3, -0.25) is 4.90 Å². The van der Waals surface area contributed by atoms with Crippen molar-refractivity contribution in [3.8, 4) is 17.2 Å². The molecule has 2 unspecified atom stereocenters. The Hall–Kier alpha value is -2.98. The lowest BCUT2D eigenvalue weighted by molar-refractivity contribution is 0.150. The lowest BCUT2D eigenvalue weighted by Crippen LogP contribution is -2.25. The molecule has 0 aliphatic carbocycles. The second-order valence-electron chi connectivity index (χ2n) is 8.70. The minimum Gasteiger partial charge on any atom is -0.497 e. The summed E-state index contributed by atoms with van der Waals surface area (Å²) in [6.45, 7) is 4.14. The zero-order valence-corrected chi connectivity index (χ0v) is 18.7. The third kappa shape index (κ3) is 4.61. The first kappa shape index (κ1) is 20.9. The molecule has 32 heavy (non-hydrogen) atoms. The molecule has 166 valence electrons. The number of hydrogen-bond acceptors (Lipinski definition) is 4. The summed E-state index contributed by atoms with van der Waals surface area (Å²) in [4.78, 5) is 2.47. The van der Waals surface area contributed by atoms with Crippen molar-refractivity contribution in [2.24, 2.45) is 0 Å². The van der Waals surface area contributed by atoms with Crippen LogP contribution in [-0.4, -0.2) is 38.3 Å². The normalized spacial score (nSPS) is 20.4. The molecule has 0 aromatic heterocycles. The highest BCUT2D eigenvalue weighted by Crippen LogP contribution is 2.45. The van der Waals surface area contributed by atoms with Gasteiger partial charge in [0.25, 0.3) is 0 Å². The third-order valence-electron chi connectivity index (χ3n) is 6.64. The van der Waals surface area contributed by atoms with Crippen molar-refractivity contribution in [3.63, 3.8) is 0 Å². The molecular weight excluding hydrogens is 398 g/mol. The van der Waals surface area contributed by atoms with E-state index in [0.717, 1.165) is 36.8 Å². The topological polar surface area (TPSA) is 30.9 Å². The van der Waals surface area contributed by atoms with Crippen molar-refractivity contribution in [2.45, 2.75) is 31.3 Å². The summed E-state index contributed by atoms with van der Waals surface area (Å²) < 4.78 is 18.0. The van der Waals surface area contributed by atoms with Gasteiger partial charge in [0.2, 0.25) is 0 Å². The number of nitrogens with zero attached hydrogens (tertiary/aromatic N) is 1. The van der Waals surface area contributed by atoms with Crippen molar-refractivity contribution < 1.29 is 14.2 Å². The minimum atomic E-state index is -0.0596. The van der Waals surface area contributed by atoms with E-state index in [0.29, 0.717) is 0 Å². The average molecular weight is 430 g/mol. The number of likely N-dealkylation sites (tertiary alicyclic amines) is 1. The molecule has 4 nitrogen and oxygen atoms in total. The fourth-order valence-corrected chi connectivity index (χ4v) is 4.85. The Bertz CT molecular complexity index is 1010. The monoisotopic (exact) mass is 429 g/mol. The van der Waals surface area contributed by atoms with E-state index in [4.69, 9.17) is 14.2 Å². The second kappa shape index (κ2) is 9.66. The van der Waals surface area contributed by atoms with Gasteiger partial charge in [0.05, 0.1) is 7.11 Å². The van der Waals surface area contributed by atoms with Gasteiger partial charge >= 0.3 is 0 Å². The highest BCUT2D eigenvalue weighted by molar-refractivity contribution is 5.45. The van der Waals surface area contributed by atoms with Crippen LogP contribution in [0.4, 0.5) is 0 Å². The van der Waals surface area contributed by atoms with E-state index in [-0.39, 0.29) is 12.0 Å². The first-order valence-electron chi connectivity index (χ1n) is 11.6. The molecule has 2 aliphatic heterocycles. The molecule has 2 heterocycles. The van der Waals surface area contributed by atoms with Crippen LogP contribution in [0.1, 0.15) is 41.6 Å². The standard InChI is InChI=1S/C28H31NO3/c1-30-25-14-11-23-19-26(21-7-3-2-4-8-21)28(32-27(23)20-25)22-9-12-24(13-10-22)31-18-17-29-15-5-6-16-29/h2-4,7-14,20,26,28H,5-6,15-19H2,1H3. The van der Waals surface area contributed by atoms with Gasteiger partial charge in [0.15, 0.2) is 0 Å². The number of hydrogen-bond donors (Lipinski definition) is 0. The Morgan fingerprint density at radius 2 is 1.62 bits per heavy atom. The zero-order valence-electron chi connectivity index (χ0n) is 18.7. The lowest BCUT2D eigenvalue weighted by atomic mass is 9.82. The molecule has 0 spiro atoms. The Morgan fingerprint density at radius 1 is 0.875 bits per heavy atom. The second-order valence-corrected chi connectivity index (χ2v) is 8.70. The molecule has 3 aromatic rings. The van der Waals surface area contributed by atoms with Crippen LogP contribution in [0.25, 0.3) is 0 Å². The maximum atomic E-state index is 6.59. The predicted molar refractivity (Wildman–Crippen MR) is 127 cm³/mol. The number of ether oxygens (including phenoxy) is 3. The molecule has 0 amide bonds. The molecule has 0 saturated carbocycles. The van der Waals surface area contributed by atoms with Crippen LogP contribution in [0.15, 0.2) is 72.8 Å². The van der Waals surface area contributed by atoms with Gasteiger partial charge in [0.1, 0.15) is 30.0 Å². The molecule has 3 aromatic carbocycles. The Morgan fingerprint density at radius 3 is 2.38 bits per heavy atom. The molecule has 4 heteroatoms. The van der Waals surface area contributed by atoms with Gasteiger partial charge in [-0.2, -0.15) is 0 Å². The molecule has 0 radical (unpaired) electrons. The van der Waals surface area contributed by atoms with E-state index in [9.17, 15) is 0 Å². The zero-order chi connectivity index (χ0) is 21.8. The van der Waals surface area contributed by atoms with Gasteiger partial charge in [-0.25, -0.2) is 0 Å². The van der Waals surface area contributed by atoms with E-state index in [1.807, 2.05) is 12.1 Å². The van der Waals surface area contributed by atoms with Gasteiger partial charge in [0, 0.05) is 18.5 Å².